The molecule has 1 aromatic rings. The van der Waals surface area contributed by atoms with E-state index in [4.69, 9.17) is 0 Å². The highest BCUT2D eigenvalue weighted by atomic mass is 16.1. The first-order valence-corrected chi connectivity index (χ1v) is 7.35. The highest BCUT2D eigenvalue weighted by Gasteiger charge is 2.14. The van der Waals surface area contributed by atoms with E-state index >= 15 is 0 Å². The number of carbonyl (C=O) groups excluding carboxylic acids is 1. The Kier molecular flexibility index (Phi) is 5.78. The molecule has 1 fully saturated rings. The lowest BCUT2D eigenvalue weighted by Gasteiger charge is -2.22. The van der Waals surface area contributed by atoms with Crippen LogP contribution >= 0.6 is 0 Å². The van der Waals surface area contributed by atoms with Crippen LogP contribution in [0.1, 0.15) is 57.8 Å². The van der Waals surface area contributed by atoms with Crippen molar-refractivity contribution in [3.05, 3.63) is 6.33 Å². The monoisotopic (exact) mass is 265 g/mol. The molecule has 1 aliphatic carbocycles. The number of nitrogens with one attached hydrogen (secondary N) is 1. The zero-order valence-corrected chi connectivity index (χ0v) is 11.4. The molecule has 6 heteroatoms. The van der Waals surface area contributed by atoms with E-state index in [-0.39, 0.29) is 5.91 Å². The number of hydrogen-bond donors (Lipinski definition) is 1. The van der Waals surface area contributed by atoms with Gasteiger partial charge in [-0.3, -0.25) is 4.79 Å². The van der Waals surface area contributed by atoms with Gasteiger partial charge in [-0.25, -0.2) is 4.68 Å². The molecule has 2 rings (SSSR count). The summed E-state index contributed by atoms with van der Waals surface area (Å²) in [6.07, 6.45) is 11.4. The number of amides is 1. The molecule has 106 valence electrons. The van der Waals surface area contributed by atoms with Gasteiger partial charge in [-0.15, -0.1) is 5.10 Å². The lowest BCUT2D eigenvalue weighted by atomic mass is 9.95. The Morgan fingerprint density at radius 3 is 2.79 bits per heavy atom. The molecule has 0 bridgehead atoms. The van der Waals surface area contributed by atoms with Crippen LogP contribution in [0, 0.1) is 0 Å². The minimum atomic E-state index is 0.217. The number of tetrazole rings is 1. The van der Waals surface area contributed by atoms with Crippen LogP contribution in [0.4, 0.5) is 0 Å². The molecule has 1 saturated carbocycles. The fourth-order valence-electron chi connectivity index (χ4n) is 2.57. The molecule has 0 atom stereocenters. The first-order chi connectivity index (χ1) is 9.34. The average Bonchev–Trinajstić information content (AvgIpc) is 2.92. The van der Waals surface area contributed by atoms with E-state index in [0.29, 0.717) is 12.5 Å². The summed E-state index contributed by atoms with van der Waals surface area (Å²) in [5.41, 5.74) is 0. The van der Waals surface area contributed by atoms with E-state index in [9.17, 15) is 4.79 Å². The molecule has 1 amide bonds. The number of aromatic nitrogens is 4. The Balaban J connectivity index is 1.49. The van der Waals surface area contributed by atoms with Gasteiger partial charge >= 0.3 is 0 Å². The first kappa shape index (κ1) is 14.0. The van der Waals surface area contributed by atoms with Gasteiger partial charge in [-0.1, -0.05) is 25.7 Å². The largest absolute Gasteiger partial charge is 0.353 e. The molecular weight excluding hydrogens is 242 g/mol. The number of aryl methyl sites for hydroxylation is 1. The predicted octanol–water partition coefficient (Wildman–Crippen LogP) is 1.68. The Labute approximate surface area is 113 Å². The van der Waals surface area contributed by atoms with E-state index in [1.807, 2.05) is 0 Å². The normalized spacial score (nSPS) is 16.4. The quantitative estimate of drug-likeness (QED) is 0.761. The standard InChI is InChI=1S/C13H23N5O/c19-13(15-12-7-3-1-4-8-12)9-5-2-6-10-18-11-14-16-17-18/h11-12H,1-10H2,(H,15,19). The Morgan fingerprint density at radius 2 is 2.05 bits per heavy atom. The van der Waals surface area contributed by atoms with Gasteiger partial charge in [-0.05, 0) is 36.1 Å². The lowest BCUT2D eigenvalue weighted by molar-refractivity contribution is -0.122. The van der Waals surface area contributed by atoms with Crippen LogP contribution in [0.3, 0.4) is 0 Å². The minimum Gasteiger partial charge on any atom is -0.353 e. The summed E-state index contributed by atoms with van der Waals surface area (Å²) in [7, 11) is 0. The second kappa shape index (κ2) is 7.86. The third-order valence-electron chi connectivity index (χ3n) is 3.65. The SMILES string of the molecule is O=C(CCCCCn1cnnn1)NC1CCCCC1. The van der Waals surface area contributed by atoms with Gasteiger partial charge in [0.2, 0.25) is 5.91 Å². The van der Waals surface area contributed by atoms with Crippen molar-refractivity contribution in [3.8, 4) is 0 Å². The van der Waals surface area contributed by atoms with Crippen LogP contribution in [-0.2, 0) is 11.3 Å². The summed E-state index contributed by atoms with van der Waals surface area (Å²) in [4.78, 5) is 11.8. The van der Waals surface area contributed by atoms with Gasteiger partial charge in [0.1, 0.15) is 6.33 Å². The molecule has 19 heavy (non-hydrogen) atoms. The number of hydrogen-bond acceptors (Lipinski definition) is 4. The van der Waals surface area contributed by atoms with E-state index in [0.717, 1.165) is 38.6 Å². The summed E-state index contributed by atoms with van der Waals surface area (Å²) in [6, 6.07) is 0.433. The Bertz CT molecular complexity index is 359. The van der Waals surface area contributed by atoms with Gasteiger partial charge in [0.05, 0.1) is 0 Å². The van der Waals surface area contributed by atoms with E-state index in [1.54, 1.807) is 11.0 Å². The molecular formula is C13H23N5O. The van der Waals surface area contributed by atoms with Gasteiger partial charge in [0.15, 0.2) is 0 Å². The van der Waals surface area contributed by atoms with Crippen LogP contribution < -0.4 is 5.32 Å². The first-order valence-electron chi connectivity index (χ1n) is 7.35. The summed E-state index contributed by atoms with van der Waals surface area (Å²) in [6.45, 7) is 0.831. The zero-order chi connectivity index (χ0) is 13.3. The van der Waals surface area contributed by atoms with Crippen molar-refractivity contribution >= 4 is 5.91 Å². The van der Waals surface area contributed by atoms with Crippen molar-refractivity contribution in [2.24, 2.45) is 0 Å². The number of unbranched alkanes of at least 4 members (excludes halogenated alkanes) is 2. The van der Waals surface area contributed by atoms with E-state index in [1.165, 1.54) is 19.3 Å². The van der Waals surface area contributed by atoms with Gasteiger partial charge < -0.3 is 5.32 Å². The second-order valence-corrected chi connectivity index (χ2v) is 5.29. The molecule has 6 nitrogen and oxygen atoms in total. The zero-order valence-electron chi connectivity index (χ0n) is 11.4. The molecule has 0 saturated heterocycles. The molecule has 0 spiro atoms. The lowest BCUT2D eigenvalue weighted by Crippen LogP contribution is -2.35. The molecule has 1 N–H and O–H groups in total. The predicted molar refractivity (Wildman–Crippen MR) is 71.3 cm³/mol. The summed E-state index contributed by atoms with van der Waals surface area (Å²) in [5.74, 6) is 0.217. The summed E-state index contributed by atoms with van der Waals surface area (Å²) >= 11 is 0. The van der Waals surface area contributed by atoms with Crippen LogP contribution in [-0.4, -0.2) is 32.2 Å². The number of carbonyl (C=O) groups is 1. The fraction of sp³-hybridized carbons (Fsp3) is 0.846. The fourth-order valence-corrected chi connectivity index (χ4v) is 2.57. The number of rotatable bonds is 7. The third-order valence-corrected chi connectivity index (χ3v) is 3.65. The molecule has 1 heterocycles. The van der Waals surface area contributed by atoms with E-state index < -0.39 is 0 Å². The molecule has 1 aromatic heterocycles. The van der Waals surface area contributed by atoms with E-state index in [2.05, 4.69) is 20.8 Å². The minimum absolute atomic E-state index is 0.217. The van der Waals surface area contributed by atoms with Crippen molar-refractivity contribution in [1.29, 1.82) is 0 Å². The third kappa shape index (κ3) is 5.36. The van der Waals surface area contributed by atoms with Crippen molar-refractivity contribution < 1.29 is 4.79 Å². The van der Waals surface area contributed by atoms with Crippen molar-refractivity contribution in [2.45, 2.75) is 70.4 Å². The van der Waals surface area contributed by atoms with Crippen LogP contribution in [0.5, 0.6) is 0 Å². The van der Waals surface area contributed by atoms with Gasteiger partial charge in [-0.2, -0.15) is 0 Å². The molecule has 0 aliphatic heterocycles. The van der Waals surface area contributed by atoms with Crippen molar-refractivity contribution in [3.63, 3.8) is 0 Å². The highest BCUT2D eigenvalue weighted by Crippen LogP contribution is 2.17. The summed E-state index contributed by atoms with van der Waals surface area (Å²) < 4.78 is 1.72. The summed E-state index contributed by atoms with van der Waals surface area (Å²) in [5, 5.41) is 14.1. The molecule has 0 aromatic carbocycles. The van der Waals surface area contributed by atoms with Gasteiger partial charge in [0.25, 0.3) is 0 Å². The maximum Gasteiger partial charge on any atom is 0.220 e. The smallest absolute Gasteiger partial charge is 0.220 e. The van der Waals surface area contributed by atoms with Crippen molar-refractivity contribution in [1.82, 2.24) is 25.5 Å². The number of nitrogens with zero attached hydrogens (tertiary/aromatic N) is 4. The Hall–Kier alpha value is -1.46. The molecule has 0 unspecified atom stereocenters. The van der Waals surface area contributed by atoms with Crippen LogP contribution in [0.15, 0.2) is 6.33 Å². The highest BCUT2D eigenvalue weighted by molar-refractivity contribution is 5.76. The average molecular weight is 265 g/mol. The van der Waals surface area contributed by atoms with Crippen LogP contribution in [0.2, 0.25) is 0 Å². The second-order valence-electron chi connectivity index (χ2n) is 5.29. The maximum atomic E-state index is 11.8. The van der Waals surface area contributed by atoms with Crippen LogP contribution in [0.25, 0.3) is 0 Å². The van der Waals surface area contributed by atoms with Crippen molar-refractivity contribution in [2.75, 3.05) is 0 Å². The maximum absolute atomic E-state index is 11.8. The molecule has 0 radical (unpaired) electrons. The Morgan fingerprint density at radius 1 is 1.21 bits per heavy atom. The topological polar surface area (TPSA) is 72.7 Å². The molecule has 1 aliphatic rings. The van der Waals surface area contributed by atoms with Gasteiger partial charge in [0, 0.05) is 19.0 Å².